The van der Waals surface area contributed by atoms with Crippen LogP contribution in [0.2, 0.25) is 0 Å². The summed E-state index contributed by atoms with van der Waals surface area (Å²) >= 11 is 1.23. The minimum atomic E-state index is -0.694. The minimum absolute atomic E-state index is 0.167. The van der Waals surface area contributed by atoms with Crippen LogP contribution in [0.25, 0.3) is 11.5 Å². The van der Waals surface area contributed by atoms with E-state index in [2.05, 4.69) is 10.2 Å². The molecule has 4 rings (SSSR count). The van der Waals surface area contributed by atoms with Crippen LogP contribution in [-0.4, -0.2) is 40.6 Å². The highest BCUT2D eigenvalue weighted by Crippen LogP contribution is 2.32. The molecule has 9 heteroatoms. The zero-order valence-corrected chi connectivity index (χ0v) is 15.5. The van der Waals surface area contributed by atoms with Crippen molar-refractivity contribution in [3.05, 3.63) is 53.8 Å². The average Bonchev–Trinajstić information content (AvgIpc) is 3.36. The van der Waals surface area contributed by atoms with Crippen LogP contribution >= 0.6 is 11.8 Å². The Morgan fingerprint density at radius 2 is 1.93 bits per heavy atom. The molecule has 0 saturated carbocycles. The molecule has 0 bridgehead atoms. The van der Waals surface area contributed by atoms with E-state index in [0.717, 1.165) is 11.3 Å². The quantitative estimate of drug-likeness (QED) is 0.573. The normalized spacial score (nSPS) is 13.6. The van der Waals surface area contributed by atoms with Gasteiger partial charge in [-0.15, -0.1) is 10.2 Å². The highest BCUT2D eigenvalue weighted by molar-refractivity contribution is 7.99. The van der Waals surface area contributed by atoms with Gasteiger partial charge in [-0.25, -0.2) is 4.39 Å². The van der Waals surface area contributed by atoms with Gasteiger partial charge in [-0.05, 0) is 42.0 Å². The van der Waals surface area contributed by atoms with E-state index in [1.54, 1.807) is 12.1 Å². The molecule has 28 heavy (non-hydrogen) atoms. The summed E-state index contributed by atoms with van der Waals surface area (Å²) in [6.07, 6.45) is -0.694. The fourth-order valence-corrected chi connectivity index (χ4v) is 3.20. The number of thioether (sulfide) groups is 1. The molecule has 0 amide bonds. The molecule has 2 heterocycles. The van der Waals surface area contributed by atoms with Crippen LogP contribution in [0.3, 0.4) is 0 Å². The monoisotopic (exact) mass is 404 g/mol. The van der Waals surface area contributed by atoms with E-state index in [4.69, 9.17) is 18.6 Å². The van der Waals surface area contributed by atoms with E-state index in [1.807, 2.05) is 18.2 Å². The third kappa shape index (κ3) is 4.61. The lowest BCUT2D eigenvalue weighted by Crippen LogP contribution is -2.17. The maximum Gasteiger partial charge on any atom is 0.276 e. The van der Waals surface area contributed by atoms with E-state index >= 15 is 0 Å². The number of benzene rings is 2. The van der Waals surface area contributed by atoms with Crippen LogP contribution in [0.5, 0.6) is 11.5 Å². The topological polar surface area (TPSA) is 86.8 Å². The number of ether oxygens (including phenoxy) is 3. The van der Waals surface area contributed by atoms with Crippen molar-refractivity contribution in [2.75, 3.05) is 19.2 Å². The summed E-state index contributed by atoms with van der Waals surface area (Å²) in [5, 5.41) is 18.3. The van der Waals surface area contributed by atoms with Crippen molar-refractivity contribution in [2.24, 2.45) is 0 Å². The number of aromatic nitrogens is 2. The molecule has 0 aliphatic carbocycles. The molecule has 1 N–H and O–H groups in total. The van der Waals surface area contributed by atoms with Crippen LogP contribution in [-0.2, 0) is 11.3 Å². The third-order valence-corrected chi connectivity index (χ3v) is 4.88. The van der Waals surface area contributed by atoms with Gasteiger partial charge in [0.05, 0.1) is 19.3 Å². The molecule has 1 aliphatic rings. The summed E-state index contributed by atoms with van der Waals surface area (Å²) < 4.78 is 34.6. The van der Waals surface area contributed by atoms with Crippen molar-refractivity contribution in [1.29, 1.82) is 0 Å². The van der Waals surface area contributed by atoms with Gasteiger partial charge < -0.3 is 23.7 Å². The van der Waals surface area contributed by atoms with Crippen LogP contribution in [0.1, 0.15) is 5.56 Å². The highest BCUT2D eigenvalue weighted by atomic mass is 32.2. The van der Waals surface area contributed by atoms with Gasteiger partial charge in [0.15, 0.2) is 11.5 Å². The fourth-order valence-electron chi connectivity index (χ4n) is 2.54. The Bertz CT molecular complexity index is 934. The van der Waals surface area contributed by atoms with Crippen molar-refractivity contribution in [3.8, 4) is 23.0 Å². The zero-order chi connectivity index (χ0) is 19.3. The first-order chi connectivity index (χ1) is 13.7. The largest absolute Gasteiger partial charge is 0.454 e. The van der Waals surface area contributed by atoms with Gasteiger partial charge in [-0.3, -0.25) is 0 Å². The van der Waals surface area contributed by atoms with Gasteiger partial charge in [0.25, 0.3) is 5.22 Å². The van der Waals surface area contributed by atoms with Gasteiger partial charge in [-0.1, -0.05) is 17.8 Å². The Morgan fingerprint density at radius 3 is 2.79 bits per heavy atom. The molecule has 7 nitrogen and oxygen atoms in total. The van der Waals surface area contributed by atoms with E-state index in [-0.39, 0.29) is 19.2 Å². The number of nitrogens with zero attached hydrogens (tertiary/aromatic N) is 2. The molecule has 0 unspecified atom stereocenters. The Hall–Kier alpha value is -2.62. The summed E-state index contributed by atoms with van der Waals surface area (Å²) in [5.41, 5.74) is 1.57. The Morgan fingerprint density at radius 1 is 1.11 bits per heavy atom. The molecule has 1 aromatic heterocycles. The standard InChI is InChI=1S/C19H17FN2O5S/c20-14-4-2-13(3-5-14)18-21-22-19(27-18)28-10-15(23)9-24-8-12-1-6-16-17(7-12)26-11-25-16/h1-7,15,23H,8-11H2/t15-/m1/s1. The molecular formula is C19H17FN2O5S. The molecule has 0 spiro atoms. The predicted molar refractivity (Wildman–Crippen MR) is 98.6 cm³/mol. The van der Waals surface area contributed by atoms with E-state index in [0.29, 0.717) is 34.8 Å². The first kappa shape index (κ1) is 18.7. The Kier molecular flexibility index (Phi) is 5.75. The molecule has 1 aliphatic heterocycles. The number of halogens is 1. The lowest BCUT2D eigenvalue weighted by Gasteiger charge is -2.10. The van der Waals surface area contributed by atoms with Crippen molar-refractivity contribution >= 4 is 11.8 Å². The van der Waals surface area contributed by atoms with Gasteiger partial charge >= 0.3 is 0 Å². The molecule has 0 fully saturated rings. The lowest BCUT2D eigenvalue weighted by atomic mass is 10.2. The summed E-state index contributed by atoms with van der Waals surface area (Å²) in [5.74, 6) is 1.73. The molecule has 2 aromatic carbocycles. The van der Waals surface area contributed by atoms with Crippen LogP contribution < -0.4 is 9.47 Å². The number of rotatable bonds is 8. The van der Waals surface area contributed by atoms with Gasteiger partial charge in [-0.2, -0.15) is 0 Å². The number of hydrogen-bond donors (Lipinski definition) is 1. The average molecular weight is 404 g/mol. The van der Waals surface area contributed by atoms with Crippen LogP contribution in [0, 0.1) is 5.82 Å². The Balaban J connectivity index is 1.21. The summed E-state index contributed by atoms with van der Waals surface area (Å²) in [6.45, 7) is 0.752. The molecule has 1 atom stereocenters. The highest BCUT2D eigenvalue weighted by Gasteiger charge is 2.14. The molecule has 0 radical (unpaired) electrons. The van der Waals surface area contributed by atoms with Crippen molar-refractivity contribution < 1.29 is 28.1 Å². The Labute approximate surface area is 164 Å². The summed E-state index contributed by atoms with van der Waals surface area (Å²) in [6, 6.07) is 11.4. The van der Waals surface area contributed by atoms with Crippen molar-refractivity contribution in [1.82, 2.24) is 10.2 Å². The fraction of sp³-hybridized carbons (Fsp3) is 0.263. The molecular weight excluding hydrogens is 387 g/mol. The number of hydrogen-bond acceptors (Lipinski definition) is 8. The van der Waals surface area contributed by atoms with Crippen molar-refractivity contribution in [2.45, 2.75) is 17.9 Å². The second-order valence-corrected chi connectivity index (χ2v) is 7.02. The van der Waals surface area contributed by atoms with Crippen LogP contribution in [0.4, 0.5) is 4.39 Å². The second kappa shape index (κ2) is 8.59. The van der Waals surface area contributed by atoms with Crippen LogP contribution in [0.15, 0.2) is 52.1 Å². The van der Waals surface area contributed by atoms with Gasteiger partial charge in [0.2, 0.25) is 12.7 Å². The molecule has 0 saturated heterocycles. The maximum atomic E-state index is 13.0. The smallest absolute Gasteiger partial charge is 0.276 e. The predicted octanol–water partition coefficient (Wildman–Crippen LogP) is 3.27. The minimum Gasteiger partial charge on any atom is -0.454 e. The number of aliphatic hydroxyl groups excluding tert-OH is 1. The van der Waals surface area contributed by atoms with Crippen molar-refractivity contribution in [3.63, 3.8) is 0 Å². The summed E-state index contributed by atoms with van der Waals surface area (Å²) in [4.78, 5) is 0. The SMILES string of the molecule is O[C@H](COCc1ccc2c(c1)OCO2)CSc1nnc(-c2ccc(F)cc2)o1. The van der Waals surface area contributed by atoms with E-state index in [1.165, 1.54) is 23.9 Å². The molecule has 3 aromatic rings. The number of fused-ring (bicyclic) bond motifs is 1. The number of aliphatic hydroxyl groups is 1. The molecule has 146 valence electrons. The first-order valence-electron chi connectivity index (χ1n) is 8.54. The third-order valence-electron chi connectivity index (χ3n) is 3.91. The zero-order valence-electron chi connectivity index (χ0n) is 14.7. The maximum absolute atomic E-state index is 13.0. The lowest BCUT2D eigenvalue weighted by molar-refractivity contribution is 0.0396. The second-order valence-electron chi connectivity index (χ2n) is 6.05. The van der Waals surface area contributed by atoms with Gasteiger partial charge in [0.1, 0.15) is 5.82 Å². The van der Waals surface area contributed by atoms with Gasteiger partial charge in [0, 0.05) is 11.3 Å². The van der Waals surface area contributed by atoms with E-state index in [9.17, 15) is 9.50 Å². The summed E-state index contributed by atoms with van der Waals surface area (Å²) in [7, 11) is 0. The first-order valence-corrected chi connectivity index (χ1v) is 9.52. The van der Waals surface area contributed by atoms with E-state index < -0.39 is 6.10 Å².